The van der Waals surface area contributed by atoms with Crippen molar-refractivity contribution in [2.45, 2.75) is 70.3 Å². The van der Waals surface area contributed by atoms with Gasteiger partial charge in [0.05, 0.1) is 5.41 Å². The predicted molar refractivity (Wildman–Crippen MR) is 102 cm³/mol. The van der Waals surface area contributed by atoms with Crippen LogP contribution in [-0.2, 0) is 19.7 Å². The van der Waals surface area contributed by atoms with E-state index >= 15 is 0 Å². The molecule has 0 radical (unpaired) electrons. The fourth-order valence-corrected chi connectivity index (χ4v) is 4.68. The maximum atomic E-state index is 13.7. The Kier molecular flexibility index (Phi) is 6.18. The zero-order valence-electron chi connectivity index (χ0n) is 16.3. The second-order valence-electron chi connectivity index (χ2n) is 8.32. The number of benzene rings is 1. The van der Waals surface area contributed by atoms with Gasteiger partial charge in [0.25, 0.3) is 5.91 Å². The molecule has 0 bridgehead atoms. The van der Waals surface area contributed by atoms with Gasteiger partial charge >= 0.3 is 5.97 Å². The van der Waals surface area contributed by atoms with Crippen LogP contribution in [0.1, 0.15) is 64.4 Å². The van der Waals surface area contributed by atoms with E-state index in [0.717, 1.165) is 25.7 Å². The molecule has 1 N–H and O–H groups in total. The zero-order valence-corrected chi connectivity index (χ0v) is 16.3. The van der Waals surface area contributed by atoms with E-state index in [-0.39, 0.29) is 24.4 Å². The summed E-state index contributed by atoms with van der Waals surface area (Å²) in [5.74, 6) is -0.00886. The van der Waals surface area contributed by atoms with E-state index in [9.17, 15) is 14.0 Å². The van der Waals surface area contributed by atoms with E-state index in [1.54, 1.807) is 12.1 Å². The average molecular weight is 375 g/mol. The van der Waals surface area contributed by atoms with Crippen LogP contribution in [0.4, 0.5) is 4.39 Å². The molecule has 1 aromatic carbocycles. The molecule has 27 heavy (non-hydrogen) atoms. The second kappa shape index (κ2) is 8.41. The Bertz CT molecular complexity index is 684. The third-order valence-electron chi connectivity index (χ3n) is 6.61. The topological polar surface area (TPSA) is 55.4 Å². The summed E-state index contributed by atoms with van der Waals surface area (Å²) < 4.78 is 19.1. The standard InChI is InChI=1S/C22H30FNO3/c1-15-7-5-10-19(16(15)2)24-20(25)14-27-21(26)22(11-3-4-12-22)17-8-6-9-18(23)13-17/h6,8-9,13,15-16,19H,3-5,7,10-12,14H2,1-2H3,(H,24,25)/t15-,16-,19+/m0/s1. The summed E-state index contributed by atoms with van der Waals surface area (Å²) in [6, 6.07) is 6.33. The lowest BCUT2D eigenvalue weighted by atomic mass is 9.78. The molecule has 0 spiro atoms. The Hall–Kier alpha value is -1.91. The molecule has 0 saturated heterocycles. The average Bonchev–Trinajstić information content (AvgIpc) is 3.15. The summed E-state index contributed by atoms with van der Waals surface area (Å²) >= 11 is 0. The minimum atomic E-state index is -0.824. The van der Waals surface area contributed by atoms with E-state index < -0.39 is 11.4 Å². The fraction of sp³-hybridized carbons (Fsp3) is 0.636. The van der Waals surface area contributed by atoms with Gasteiger partial charge in [-0.3, -0.25) is 9.59 Å². The molecule has 2 aliphatic carbocycles. The molecule has 3 atom stereocenters. The van der Waals surface area contributed by atoms with Crippen molar-refractivity contribution in [3.8, 4) is 0 Å². The Balaban J connectivity index is 1.61. The van der Waals surface area contributed by atoms with E-state index in [1.807, 2.05) is 0 Å². The van der Waals surface area contributed by atoms with Crippen LogP contribution in [0.3, 0.4) is 0 Å². The first-order chi connectivity index (χ1) is 12.9. The van der Waals surface area contributed by atoms with Crippen molar-refractivity contribution < 1.29 is 18.7 Å². The SMILES string of the molecule is C[C@H]1[C@@H](C)CCC[C@H]1NC(=O)COC(=O)C1(c2cccc(F)c2)CCCC1. The molecule has 2 aliphatic rings. The first kappa shape index (κ1) is 19.8. The number of hydrogen-bond acceptors (Lipinski definition) is 3. The third-order valence-corrected chi connectivity index (χ3v) is 6.61. The molecule has 3 rings (SSSR count). The smallest absolute Gasteiger partial charge is 0.317 e. The number of amides is 1. The summed E-state index contributed by atoms with van der Waals surface area (Å²) in [4.78, 5) is 25.2. The lowest BCUT2D eigenvalue weighted by Gasteiger charge is -2.34. The Morgan fingerprint density at radius 3 is 2.63 bits per heavy atom. The molecular formula is C22H30FNO3. The largest absolute Gasteiger partial charge is 0.455 e. The van der Waals surface area contributed by atoms with Crippen LogP contribution in [0.25, 0.3) is 0 Å². The summed E-state index contributed by atoms with van der Waals surface area (Å²) in [7, 11) is 0. The number of nitrogens with one attached hydrogen (secondary N) is 1. The van der Waals surface area contributed by atoms with Crippen molar-refractivity contribution in [1.82, 2.24) is 5.32 Å². The van der Waals surface area contributed by atoms with Crippen LogP contribution >= 0.6 is 0 Å². The lowest BCUT2D eigenvalue weighted by Crippen LogP contribution is -2.46. The van der Waals surface area contributed by atoms with Gasteiger partial charge in [0.15, 0.2) is 6.61 Å². The predicted octanol–water partition coefficient (Wildman–Crippen LogP) is 4.12. The highest BCUT2D eigenvalue weighted by molar-refractivity contribution is 5.86. The highest BCUT2D eigenvalue weighted by Gasteiger charge is 2.44. The van der Waals surface area contributed by atoms with Gasteiger partial charge in [-0.15, -0.1) is 0 Å². The van der Waals surface area contributed by atoms with Gasteiger partial charge in [0, 0.05) is 6.04 Å². The minimum Gasteiger partial charge on any atom is -0.455 e. The maximum absolute atomic E-state index is 13.7. The van der Waals surface area contributed by atoms with Crippen LogP contribution in [-0.4, -0.2) is 24.5 Å². The second-order valence-corrected chi connectivity index (χ2v) is 8.32. The highest BCUT2D eigenvalue weighted by atomic mass is 19.1. The number of halogens is 1. The molecule has 5 heteroatoms. The van der Waals surface area contributed by atoms with Gasteiger partial charge in [-0.25, -0.2) is 4.39 Å². The van der Waals surface area contributed by atoms with E-state index in [4.69, 9.17) is 4.74 Å². The molecule has 0 aromatic heterocycles. The first-order valence-corrected chi connectivity index (χ1v) is 10.1. The van der Waals surface area contributed by atoms with Crippen molar-refractivity contribution >= 4 is 11.9 Å². The van der Waals surface area contributed by atoms with Gasteiger partial charge in [-0.05, 0) is 48.8 Å². The van der Waals surface area contributed by atoms with Crippen molar-refractivity contribution in [3.05, 3.63) is 35.6 Å². The van der Waals surface area contributed by atoms with Gasteiger partial charge in [0.1, 0.15) is 5.82 Å². The van der Waals surface area contributed by atoms with Crippen molar-refractivity contribution in [2.75, 3.05) is 6.61 Å². The monoisotopic (exact) mass is 375 g/mol. The molecule has 1 aromatic rings. The molecule has 0 aliphatic heterocycles. The van der Waals surface area contributed by atoms with Gasteiger partial charge in [-0.1, -0.05) is 51.7 Å². The number of carbonyl (C=O) groups excluding carboxylic acids is 2. The summed E-state index contributed by atoms with van der Waals surface area (Å²) in [5, 5.41) is 3.03. The Morgan fingerprint density at radius 2 is 1.93 bits per heavy atom. The molecular weight excluding hydrogens is 345 g/mol. The Morgan fingerprint density at radius 1 is 1.19 bits per heavy atom. The Labute approximate surface area is 160 Å². The minimum absolute atomic E-state index is 0.142. The molecule has 2 saturated carbocycles. The van der Waals surface area contributed by atoms with E-state index in [1.165, 1.54) is 18.6 Å². The molecule has 2 fully saturated rings. The third kappa shape index (κ3) is 4.33. The fourth-order valence-electron chi connectivity index (χ4n) is 4.68. The summed E-state index contributed by atoms with van der Waals surface area (Å²) in [6.45, 7) is 4.11. The van der Waals surface area contributed by atoms with Crippen LogP contribution in [0.2, 0.25) is 0 Å². The molecule has 4 nitrogen and oxygen atoms in total. The van der Waals surface area contributed by atoms with Crippen LogP contribution in [0, 0.1) is 17.7 Å². The number of ether oxygens (including phenoxy) is 1. The van der Waals surface area contributed by atoms with Crippen molar-refractivity contribution in [3.63, 3.8) is 0 Å². The van der Waals surface area contributed by atoms with E-state index in [2.05, 4.69) is 19.2 Å². The molecule has 0 heterocycles. The molecule has 0 unspecified atom stereocenters. The van der Waals surface area contributed by atoms with Gasteiger partial charge < -0.3 is 10.1 Å². The lowest BCUT2D eigenvalue weighted by molar-refractivity contribution is -0.154. The summed E-state index contributed by atoms with van der Waals surface area (Å²) in [6.07, 6.45) is 6.34. The van der Waals surface area contributed by atoms with Gasteiger partial charge in [-0.2, -0.15) is 0 Å². The zero-order chi connectivity index (χ0) is 19.4. The number of hydrogen-bond donors (Lipinski definition) is 1. The summed E-state index contributed by atoms with van der Waals surface area (Å²) in [5.41, 5.74) is -0.171. The van der Waals surface area contributed by atoms with Crippen LogP contribution in [0.5, 0.6) is 0 Å². The first-order valence-electron chi connectivity index (χ1n) is 10.1. The van der Waals surface area contributed by atoms with Crippen LogP contribution in [0.15, 0.2) is 24.3 Å². The van der Waals surface area contributed by atoms with Crippen LogP contribution < -0.4 is 5.32 Å². The van der Waals surface area contributed by atoms with Crippen molar-refractivity contribution in [2.24, 2.45) is 11.8 Å². The quantitative estimate of drug-likeness (QED) is 0.788. The van der Waals surface area contributed by atoms with E-state index in [0.29, 0.717) is 30.2 Å². The maximum Gasteiger partial charge on any atom is 0.317 e. The molecule has 148 valence electrons. The highest BCUT2D eigenvalue weighted by Crippen LogP contribution is 2.42. The normalized spacial score (nSPS) is 27.1. The molecule has 1 amide bonds. The number of esters is 1. The number of rotatable bonds is 5. The van der Waals surface area contributed by atoms with Crippen molar-refractivity contribution in [1.29, 1.82) is 0 Å². The number of carbonyl (C=O) groups is 2. The van der Waals surface area contributed by atoms with Gasteiger partial charge in [0.2, 0.25) is 0 Å².